The van der Waals surface area contributed by atoms with E-state index in [1.54, 1.807) is 6.07 Å². The van der Waals surface area contributed by atoms with Crippen molar-refractivity contribution in [3.05, 3.63) is 87.8 Å². The Labute approximate surface area is 218 Å². The molecule has 0 N–H and O–H groups in total. The molecule has 0 aliphatic carbocycles. The molecule has 4 rings (SSSR count). The van der Waals surface area contributed by atoms with Crippen LogP contribution in [0.5, 0.6) is 28.7 Å². The average molecular weight is 544 g/mol. The number of carbonyl (C=O) groups is 2. The maximum Gasteiger partial charge on any atom is 0.453 e. The van der Waals surface area contributed by atoms with E-state index in [1.807, 2.05) is 0 Å². The smallest absolute Gasteiger partial charge is 0.453 e. The maximum atomic E-state index is 13.9. The van der Waals surface area contributed by atoms with Crippen molar-refractivity contribution in [3.8, 4) is 28.7 Å². The van der Waals surface area contributed by atoms with Crippen molar-refractivity contribution in [2.45, 2.75) is 6.18 Å². The number of halogens is 3. The molecule has 39 heavy (non-hydrogen) atoms. The highest BCUT2D eigenvalue weighted by molar-refractivity contribution is 5.97. The first-order valence-corrected chi connectivity index (χ1v) is 11.0. The van der Waals surface area contributed by atoms with E-state index < -0.39 is 40.6 Å². The van der Waals surface area contributed by atoms with Gasteiger partial charge in [-0.05, 0) is 48.5 Å². The minimum Gasteiger partial charge on any atom is -0.496 e. The van der Waals surface area contributed by atoms with Gasteiger partial charge in [0.1, 0.15) is 34.1 Å². The molecule has 0 unspecified atom stereocenters. The molecule has 9 nitrogen and oxygen atoms in total. The van der Waals surface area contributed by atoms with Crippen LogP contribution in [0.1, 0.15) is 26.5 Å². The minimum absolute atomic E-state index is 0.0537. The van der Waals surface area contributed by atoms with Gasteiger partial charge < -0.3 is 28.1 Å². The second kappa shape index (κ2) is 10.8. The third-order valence-electron chi connectivity index (χ3n) is 5.42. The highest BCUT2D eigenvalue weighted by Gasteiger charge is 2.40. The summed E-state index contributed by atoms with van der Waals surface area (Å²) in [4.78, 5) is 37.5. The van der Waals surface area contributed by atoms with Crippen LogP contribution in [0.2, 0.25) is 0 Å². The number of fused-ring (bicyclic) bond motifs is 1. The molecule has 0 aliphatic rings. The molecule has 0 amide bonds. The molecule has 1 aromatic heterocycles. The molecule has 0 atom stereocenters. The molecule has 0 aliphatic heterocycles. The number of ether oxygens (including phenoxy) is 5. The molecule has 4 aromatic rings. The van der Waals surface area contributed by atoms with Crippen molar-refractivity contribution in [1.82, 2.24) is 0 Å². The molecule has 3 aromatic carbocycles. The number of rotatable bonds is 7. The van der Waals surface area contributed by atoms with Gasteiger partial charge in [-0.25, -0.2) is 9.59 Å². The first-order chi connectivity index (χ1) is 18.6. The van der Waals surface area contributed by atoms with E-state index in [0.29, 0.717) is 0 Å². The zero-order valence-corrected chi connectivity index (χ0v) is 20.6. The number of methoxy groups -OCH3 is 3. The Morgan fingerprint density at radius 3 is 2.00 bits per heavy atom. The van der Waals surface area contributed by atoms with Crippen LogP contribution in [-0.4, -0.2) is 33.3 Å². The van der Waals surface area contributed by atoms with Crippen LogP contribution in [-0.2, 0) is 10.9 Å². The number of benzene rings is 3. The lowest BCUT2D eigenvalue weighted by atomic mass is 10.1. The summed E-state index contributed by atoms with van der Waals surface area (Å²) in [6, 6.07) is 12.8. The van der Waals surface area contributed by atoms with Crippen molar-refractivity contribution in [3.63, 3.8) is 0 Å². The van der Waals surface area contributed by atoms with Gasteiger partial charge in [0.05, 0.1) is 32.3 Å². The van der Waals surface area contributed by atoms with Crippen molar-refractivity contribution in [2.24, 2.45) is 0 Å². The molecule has 0 saturated heterocycles. The number of alkyl halides is 3. The summed E-state index contributed by atoms with van der Waals surface area (Å²) in [5, 5.41) is -0.265. The van der Waals surface area contributed by atoms with E-state index in [4.69, 9.17) is 23.4 Å². The Morgan fingerprint density at radius 1 is 0.821 bits per heavy atom. The van der Waals surface area contributed by atoms with E-state index in [9.17, 15) is 27.6 Å². The van der Waals surface area contributed by atoms with Crippen LogP contribution in [0.25, 0.3) is 11.0 Å². The zero-order valence-electron chi connectivity index (χ0n) is 20.6. The summed E-state index contributed by atoms with van der Waals surface area (Å²) >= 11 is 0. The quantitative estimate of drug-likeness (QED) is 0.216. The van der Waals surface area contributed by atoms with Crippen LogP contribution >= 0.6 is 0 Å². The highest BCUT2D eigenvalue weighted by Crippen LogP contribution is 2.39. The van der Waals surface area contributed by atoms with Crippen molar-refractivity contribution in [1.29, 1.82) is 0 Å². The van der Waals surface area contributed by atoms with Gasteiger partial charge in [-0.15, -0.1) is 0 Å². The largest absolute Gasteiger partial charge is 0.496 e. The normalized spacial score (nSPS) is 11.1. The molecule has 1 heterocycles. The Morgan fingerprint density at radius 2 is 1.44 bits per heavy atom. The van der Waals surface area contributed by atoms with Crippen molar-refractivity contribution >= 4 is 22.9 Å². The Balaban J connectivity index is 1.73. The Hall–Kier alpha value is -5.00. The third-order valence-corrected chi connectivity index (χ3v) is 5.42. The monoisotopic (exact) mass is 544 g/mol. The van der Waals surface area contributed by atoms with Gasteiger partial charge >= 0.3 is 18.1 Å². The lowest BCUT2D eigenvalue weighted by molar-refractivity contribution is -0.154. The number of hydrogen-bond acceptors (Lipinski definition) is 9. The van der Waals surface area contributed by atoms with Gasteiger partial charge in [0.15, 0.2) is 0 Å². The minimum atomic E-state index is -5.12. The van der Waals surface area contributed by atoms with E-state index in [1.165, 1.54) is 63.8 Å². The van der Waals surface area contributed by atoms with Crippen molar-refractivity contribution in [2.75, 3.05) is 21.3 Å². The van der Waals surface area contributed by atoms with Crippen LogP contribution in [0, 0.1) is 0 Å². The number of carbonyl (C=O) groups excluding carboxylic acids is 2. The fraction of sp³-hybridized carbons (Fsp3) is 0.148. The molecular weight excluding hydrogens is 525 g/mol. The predicted molar refractivity (Wildman–Crippen MR) is 130 cm³/mol. The fourth-order valence-electron chi connectivity index (χ4n) is 3.60. The average Bonchev–Trinajstić information content (AvgIpc) is 2.93. The fourth-order valence-corrected chi connectivity index (χ4v) is 3.60. The summed E-state index contributed by atoms with van der Waals surface area (Å²) in [5.74, 6) is -4.46. The first-order valence-electron chi connectivity index (χ1n) is 11.0. The summed E-state index contributed by atoms with van der Waals surface area (Å²) in [6.45, 7) is 0. The van der Waals surface area contributed by atoms with Gasteiger partial charge in [-0.1, -0.05) is 6.07 Å². The summed E-state index contributed by atoms with van der Waals surface area (Å²) in [7, 11) is 3.84. The SMILES string of the molecule is COC(=O)c1ccc(Oc2c(C(F)(F)F)oc3cc(OC(=O)c4c(OC)cccc4OC)ccc3c2=O)cc1. The molecule has 202 valence electrons. The standard InChI is InChI=1S/C27H19F3O9/c1-34-18-5-4-6-19(35-2)21(18)26(33)38-16-11-12-17-20(13-16)39-24(27(28,29)30)23(22(17)31)37-15-9-7-14(8-10-15)25(32)36-3/h4-13H,1-3H3. The maximum absolute atomic E-state index is 13.9. The van der Waals surface area contributed by atoms with E-state index >= 15 is 0 Å². The molecule has 0 spiro atoms. The summed E-state index contributed by atoms with van der Waals surface area (Å²) in [5.41, 5.74) is -1.55. The molecule has 0 fully saturated rings. The lowest BCUT2D eigenvalue weighted by Crippen LogP contribution is -2.16. The number of esters is 2. The van der Waals surface area contributed by atoms with Gasteiger partial charge in [-0.2, -0.15) is 13.2 Å². The summed E-state index contributed by atoms with van der Waals surface area (Å²) in [6.07, 6.45) is -5.12. The van der Waals surface area contributed by atoms with E-state index in [-0.39, 0.29) is 39.5 Å². The second-order valence-electron chi connectivity index (χ2n) is 7.79. The van der Waals surface area contributed by atoms with Crippen LogP contribution < -0.4 is 24.4 Å². The Kier molecular flexibility index (Phi) is 7.47. The van der Waals surface area contributed by atoms with Gasteiger partial charge in [0.2, 0.25) is 11.2 Å². The predicted octanol–water partition coefficient (Wildman–Crippen LogP) is 5.63. The van der Waals surface area contributed by atoms with E-state index in [0.717, 1.165) is 12.1 Å². The molecule has 0 bridgehead atoms. The van der Waals surface area contributed by atoms with Crippen LogP contribution in [0.4, 0.5) is 13.2 Å². The van der Waals surface area contributed by atoms with E-state index in [2.05, 4.69) is 4.74 Å². The second-order valence-corrected chi connectivity index (χ2v) is 7.79. The van der Waals surface area contributed by atoms with Crippen LogP contribution in [0.3, 0.4) is 0 Å². The topological polar surface area (TPSA) is 110 Å². The number of hydrogen-bond donors (Lipinski definition) is 0. The van der Waals surface area contributed by atoms with Gasteiger partial charge in [0, 0.05) is 6.07 Å². The first kappa shape index (κ1) is 27.0. The Bertz CT molecular complexity index is 1580. The van der Waals surface area contributed by atoms with Gasteiger partial charge in [0.25, 0.3) is 5.76 Å². The lowest BCUT2D eigenvalue weighted by Gasteiger charge is -2.14. The highest BCUT2D eigenvalue weighted by atomic mass is 19.4. The molecule has 12 heteroatoms. The van der Waals surface area contributed by atoms with Gasteiger partial charge in [-0.3, -0.25) is 4.79 Å². The zero-order chi connectivity index (χ0) is 28.3. The molecule has 0 saturated carbocycles. The molecular formula is C27H19F3O9. The molecule has 0 radical (unpaired) electrons. The summed E-state index contributed by atoms with van der Waals surface area (Å²) < 4.78 is 72.2. The van der Waals surface area contributed by atoms with Crippen molar-refractivity contribution < 1.29 is 50.9 Å². The third kappa shape index (κ3) is 5.49. The van der Waals surface area contributed by atoms with Crippen LogP contribution in [0.15, 0.2) is 69.9 Å².